The van der Waals surface area contributed by atoms with Gasteiger partial charge in [0.2, 0.25) is 0 Å². The Morgan fingerprint density at radius 3 is 2.84 bits per heavy atom. The molecular weight excluding hydrogens is 338 g/mol. The lowest BCUT2D eigenvalue weighted by Crippen LogP contribution is -2.25. The van der Waals surface area contributed by atoms with Crippen molar-refractivity contribution >= 4 is 40.6 Å². The van der Waals surface area contributed by atoms with Crippen LogP contribution in [0.3, 0.4) is 0 Å². The van der Waals surface area contributed by atoms with Gasteiger partial charge in [0.05, 0.1) is 21.9 Å². The quantitative estimate of drug-likeness (QED) is 0.861. The van der Waals surface area contributed by atoms with E-state index in [1.54, 1.807) is 13.0 Å². The number of carbonyl (C=O) groups is 2. The molecule has 2 aliphatic rings. The number of hydrogen-bond donors (Lipinski definition) is 1. The minimum Gasteiger partial charge on any atom is -0.306 e. The summed E-state index contributed by atoms with van der Waals surface area (Å²) >= 11 is 1.35. The molecule has 2 aromatic rings. The molecule has 0 saturated heterocycles. The lowest BCUT2D eigenvalue weighted by atomic mass is 10.2. The van der Waals surface area contributed by atoms with Crippen LogP contribution in [0.25, 0.3) is 0 Å². The number of nitrogens with one attached hydrogen (secondary N) is 1. The van der Waals surface area contributed by atoms with Gasteiger partial charge in [-0.15, -0.1) is 11.3 Å². The van der Waals surface area contributed by atoms with Gasteiger partial charge in [0, 0.05) is 12.0 Å². The van der Waals surface area contributed by atoms with Gasteiger partial charge in [0.1, 0.15) is 5.82 Å². The van der Waals surface area contributed by atoms with Crippen molar-refractivity contribution in [2.75, 3.05) is 5.32 Å². The van der Waals surface area contributed by atoms with E-state index in [1.165, 1.54) is 16.0 Å². The number of anilines is 1. The van der Waals surface area contributed by atoms with Gasteiger partial charge in [0.25, 0.3) is 17.8 Å². The van der Waals surface area contributed by atoms with Crippen LogP contribution in [0.15, 0.2) is 45.7 Å². The summed E-state index contributed by atoms with van der Waals surface area (Å²) in [5, 5.41) is 9.19. The zero-order valence-electron chi connectivity index (χ0n) is 13.5. The molecule has 0 aromatic carbocycles. The summed E-state index contributed by atoms with van der Waals surface area (Å²) in [7, 11) is 0. The highest BCUT2D eigenvalue weighted by Crippen LogP contribution is 2.40. The van der Waals surface area contributed by atoms with Crippen molar-refractivity contribution in [2.45, 2.75) is 25.7 Å². The molecule has 0 atom stereocenters. The molecule has 8 heteroatoms. The van der Waals surface area contributed by atoms with Crippen LogP contribution in [0, 0.1) is 0 Å². The van der Waals surface area contributed by atoms with Gasteiger partial charge in [-0.1, -0.05) is 12.6 Å². The molecule has 2 aromatic heterocycles. The molecule has 1 fully saturated rings. The Kier molecular flexibility index (Phi) is 3.69. The second-order valence-corrected chi connectivity index (χ2v) is 6.91. The highest BCUT2D eigenvalue weighted by molar-refractivity contribution is 7.12. The zero-order valence-corrected chi connectivity index (χ0v) is 14.3. The van der Waals surface area contributed by atoms with E-state index in [4.69, 9.17) is 0 Å². The average molecular weight is 353 g/mol. The highest BCUT2D eigenvalue weighted by Gasteiger charge is 2.29. The van der Waals surface area contributed by atoms with Gasteiger partial charge in [-0.25, -0.2) is 4.99 Å². The van der Waals surface area contributed by atoms with E-state index >= 15 is 0 Å². The molecule has 1 N–H and O–H groups in total. The topological polar surface area (TPSA) is 88.7 Å². The van der Waals surface area contributed by atoms with Crippen LogP contribution < -0.4 is 5.32 Å². The van der Waals surface area contributed by atoms with Gasteiger partial charge >= 0.3 is 0 Å². The van der Waals surface area contributed by atoms with E-state index in [9.17, 15) is 9.59 Å². The van der Waals surface area contributed by atoms with Crippen LogP contribution in [0.1, 0.15) is 41.0 Å². The summed E-state index contributed by atoms with van der Waals surface area (Å²) in [4.78, 5) is 33.2. The summed E-state index contributed by atoms with van der Waals surface area (Å²) in [6, 6.07) is 5.39. The summed E-state index contributed by atoms with van der Waals surface area (Å²) in [5.41, 5.74) is 1.63. The molecule has 7 nitrogen and oxygen atoms in total. The molecule has 1 saturated carbocycles. The Morgan fingerprint density at radius 2 is 2.20 bits per heavy atom. The second kappa shape index (κ2) is 5.89. The lowest BCUT2D eigenvalue weighted by Gasteiger charge is -2.12. The number of aliphatic imine (C=N–C) groups is 2. The maximum absolute atomic E-state index is 12.4. The number of carbonyl (C=O) groups excluding carboxylic acids is 2. The molecule has 0 radical (unpaired) electrons. The maximum Gasteiger partial charge on any atom is 0.281 e. The van der Waals surface area contributed by atoms with Crippen molar-refractivity contribution in [3.8, 4) is 0 Å². The van der Waals surface area contributed by atoms with E-state index in [1.807, 2.05) is 17.5 Å². The molecule has 3 heterocycles. The first-order chi connectivity index (χ1) is 12.0. The van der Waals surface area contributed by atoms with Gasteiger partial charge in [-0.3, -0.25) is 9.59 Å². The molecule has 1 aliphatic carbocycles. The number of thiophene rings is 1. The largest absolute Gasteiger partial charge is 0.306 e. The van der Waals surface area contributed by atoms with Crippen molar-refractivity contribution in [2.24, 2.45) is 9.98 Å². The van der Waals surface area contributed by atoms with E-state index in [0.717, 1.165) is 18.5 Å². The van der Waals surface area contributed by atoms with E-state index in [-0.39, 0.29) is 17.4 Å². The van der Waals surface area contributed by atoms with E-state index < -0.39 is 5.91 Å². The molecule has 2 amide bonds. The molecule has 0 bridgehead atoms. The van der Waals surface area contributed by atoms with Crippen molar-refractivity contribution in [3.63, 3.8) is 0 Å². The number of rotatable bonds is 3. The Labute approximate surface area is 147 Å². The normalized spacial score (nSPS) is 17.3. The molecule has 126 valence electrons. The Hall–Kier alpha value is -2.87. The monoisotopic (exact) mass is 353 g/mol. The second-order valence-electron chi connectivity index (χ2n) is 5.96. The van der Waals surface area contributed by atoms with Crippen molar-refractivity contribution in [3.05, 3.63) is 46.3 Å². The van der Waals surface area contributed by atoms with Crippen LogP contribution in [-0.4, -0.2) is 33.3 Å². The summed E-state index contributed by atoms with van der Waals surface area (Å²) in [5.74, 6) is 0.311. The van der Waals surface area contributed by atoms with Crippen LogP contribution in [0.4, 0.5) is 5.82 Å². The predicted molar refractivity (Wildman–Crippen MR) is 96.6 cm³/mol. The minimum absolute atomic E-state index is 0.142. The third-order valence-electron chi connectivity index (χ3n) is 4.06. The van der Waals surface area contributed by atoms with Crippen LogP contribution in [0.5, 0.6) is 0 Å². The molecule has 25 heavy (non-hydrogen) atoms. The fourth-order valence-corrected chi connectivity index (χ4v) is 3.07. The Morgan fingerprint density at radius 1 is 1.40 bits per heavy atom. The highest BCUT2D eigenvalue weighted by atomic mass is 32.1. The third kappa shape index (κ3) is 2.96. The van der Waals surface area contributed by atoms with Gasteiger partial charge in [-0.2, -0.15) is 14.8 Å². The van der Waals surface area contributed by atoms with E-state index in [2.05, 4.69) is 27.0 Å². The summed E-state index contributed by atoms with van der Waals surface area (Å²) in [6.45, 7) is 5.37. The van der Waals surface area contributed by atoms with Crippen LogP contribution in [0.2, 0.25) is 0 Å². The minimum atomic E-state index is -0.443. The fraction of sp³-hybridized carbons (Fsp3) is 0.235. The first kappa shape index (κ1) is 15.6. The van der Waals surface area contributed by atoms with Gasteiger partial charge < -0.3 is 5.32 Å². The molecule has 1 aliphatic heterocycles. The molecular formula is C17H15N5O2S. The van der Waals surface area contributed by atoms with Crippen LogP contribution in [-0.2, 0) is 4.79 Å². The van der Waals surface area contributed by atoms with Crippen LogP contribution >= 0.6 is 11.3 Å². The molecule has 0 unspecified atom stereocenters. The van der Waals surface area contributed by atoms with Gasteiger partial charge in [-0.05, 0) is 31.2 Å². The summed E-state index contributed by atoms with van der Waals surface area (Å²) in [6.07, 6.45) is 2.14. The summed E-state index contributed by atoms with van der Waals surface area (Å²) < 4.78 is 1.42. The number of nitrogens with zero attached hydrogens (tertiary/aromatic N) is 4. The van der Waals surface area contributed by atoms with Crippen molar-refractivity contribution in [1.82, 2.24) is 9.78 Å². The van der Waals surface area contributed by atoms with Crippen molar-refractivity contribution < 1.29 is 9.59 Å². The number of aromatic nitrogens is 2. The Balaban J connectivity index is 1.72. The van der Waals surface area contributed by atoms with Gasteiger partial charge in [0.15, 0.2) is 0 Å². The number of amides is 2. The van der Waals surface area contributed by atoms with E-state index in [0.29, 0.717) is 22.3 Å². The fourth-order valence-electron chi connectivity index (χ4n) is 2.46. The predicted octanol–water partition coefficient (Wildman–Crippen LogP) is 2.84. The molecule has 4 rings (SSSR count). The smallest absolute Gasteiger partial charge is 0.281 e. The molecule has 0 spiro atoms. The Bertz CT molecular complexity index is 948. The van der Waals surface area contributed by atoms with Crippen molar-refractivity contribution in [1.29, 1.82) is 0 Å². The number of hydrogen-bond acceptors (Lipinski definition) is 5. The first-order valence-corrected chi connectivity index (χ1v) is 8.73. The zero-order chi connectivity index (χ0) is 17.6. The third-order valence-corrected chi connectivity index (χ3v) is 4.93. The SMILES string of the molecule is C=C1C(=O)N=C(n2nc(C3CC3)cc2NC(=O)c2cccs2)N=C1C. The maximum atomic E-state index is 12.4. The first-order valence-electron chi connectivity index (χ1n) is 7.85. The lowest BCUT2D eigenvalue weighted by molar-refractivity contribution is -0.113. The average Bonchev–Trinajstić information content (AvgIpc) is 3.12. The standard InChI is InChI=1S/C17H15N5O2S/c1-9-10(2)18-17(20-15(9)23)22-14(8-12(21-22)11-5-6-11)19-16(24)13-4-3-7-25-13/h3-4,7-8,11H,1,5-6H2,2H3,(H,19,24).